The number of fused-ring (bicyclic) bond motifs is 4. The van der Waals surface area contributed by atoms with Crippen molar-refractivity contribution in [3.05, 3.63) is 65.4 Å². The molecule has 6 rings (SSSR count). The number of aromatic nitrogens is 1. The van der Waals surface area contributed by atoms with E-state index in [4.69, 9.17) is 4.74 Å². The number of amides is 2. The van der Waals surface area contributed by atoms with Crippen LogP contribution in [0.15, 0.2) is 48.5 Å². The van der Waals surface area contributed by atoms with Crippen molar-refractivity contribution in [2.75, 3.05) is 13.7 Å². The van der Waals surface area contributed by atoms with Crippen molar-refractivity contribution in [3.8, 4) is 5.75 Å². The number of rotatable bonds is 3. The Balaban J connectivity index is 1.45. The summed E-state index contributed by atoms with van der Waals surface area (Å²) in [4.78, 5) is 35.1. The standard InChI is InChI=1S/C28H31N3O3/c1-34-20-14-12-18(13-15-20)27-26-22(21-10-6-7-11-23(21)29-26)16-24-28(33)30(17-25(32)31(24)27)19-8-4-2-3-5-9-19/h6-7,10-15,19,24,27,29H,2-5,8-9,16-17H2,1H3. The van der Waals surface area contributed by atoms with Gasteiger partial charge in [-0.05, 0) is 42.2 Å². The first-order valence-corrected chi connectivity index (χ1v) is 12.5. The van der Waals surface area contributed by atoms with Crippen LogP contribution in [0.1, 0.15) is 61.4 Å². The summed E-state index contributed by atoms with van der Waals surface area (Å²) in [6.45, 7) is 0.183. The molecule has 176 valence electrons. The molecule has 0 bridgehead atoms. The molecular weight excluding hydrogens is 426 g/mol. The number of piperazine rings is 1. The fraction of sp³-hybridized carbons (Fsp3) is 0.429. The summed E-state index contributed by atoms with van der Waals surface area (Å²) in [6, 6.07) is 15.5. The maximum atomic E-state index is 14.0. The third-order valence-electron chi connectivity index (χ3n) is 7.99. The predicted octanol–water partition coefficient (Wildman–Crippen LogP) is 4.58. The molecule has 2 unspecified atom stereocenters. The zero-order valence-corrected chi connectivity index (χ0v) is 19.6. The van der Waals surface area contributed by atoms with Gasteiger partial charge in [-0.25, -0.2) is 0 Å². The Bertz CT molecular complexity index is 1220. The number of hydrogen-bond donors (Lipinski definition) is 1. The molecule has 3 aromatic rings. The lowest BCUT2D eigenvalue weighted by Gasteiger charge is -2.48. The van der Waals surface area contributed by atoms with Crippen LogP contribution in [0.2, 0.25) is 0 Å². The normalized spacial score (nSPS) is 23.6. The third kappa shape index (κ3) is 3.39. The van der Waals surface area contributed by atoms with Crippen LogP contribution < -0.4 is 4.74 Å². The van der Waals surface area contributed by atoms with Gasteiger partial charge in [0.05, 0.1) is 13.2 Å². The smallest absolute Gasteiger partial charge is 0.246 e. The van der Waals surface area contributed by atoms with Crippen LogP contribution in [-0.2, 0) is 16.0 Å². The highest BCUT2D eigenvalue weighted by atomic mass is 16.5. The molecule has 1 N–H and O–H groups in total. The SMILES string of the molecule is COc1ccc(C2c3[nH]c4ccccc4c3CC3C(=O)N(C4CCCCCC4)CC(=O)N32)cc1. The Morgan fingerprint density at radius 2 is 1.68 bits per heavy atom. The first-order chi connectivity index (χ1) is 16.7. The van der Waals surface area contributed by atoms with Crippen LogP contribution in [0.25, 0.3) is 10.9 Å². The molecule has 2 fully saturated rings. The van der Waals surface area contributed by atoms with Gasteiger partial charge in [-0.3, -0.25) is 9.59 Å². The van der Waals surface area contributed by atoms with Crippen molar-refractivity contribution in [2.24, 2.45) is 0 Å². The number of methoxy groups -OCH3 is 1. The van der Waals surface area contributed by atoms with Gasteiger partial charge in [0, 0.05) is 29.1 Å². The van der Waals surface area contributed by atoms with Gasteiger partial charge in [0.15, 0.2) is 0 Å². The topological polar surface area (TPSA) is 65.6 Å². The average molecular weight is 458 g/mol. The summed E-state index contributed by atoms with van der Waals surface area (Å²) in [7, 11) is 1.65. The van der Waals surface area contributed by atoms with E-state index in [0.717, 1.165) is 59.2 Å². The number of para-hydroxylation sites is 1. The van der Waals surface area contributed by atoms with Crippen LogP contribution in [0.3, 0.4) is 0 Å². The van der Waals surface area contributed by atoms with E-state index in [9.17, 15) is 9.59 Å². The molecule has 3 heterocycles. The van der Waals surface area contributed by atoms with E-state index in [1.807, 2.05) is 46.2 Å². The highest BCUT2D eigenvalue weighted by molar-refractivity contribution is 5.97. The Morgan fingerprint density at radius 1 is 0.941 bits per heavy atom. The Hall–Kier alpha value is -3.28. The third-order valence-corrected chi connectivity index (χ3v) is 7.99. The lowest BCUT2D eigenvalue weighted by molar-refractivity contribution is -0.161. The minimum Gasteiger partial charge on any atom is -0.497 e. The van der Waals surface area contributed by atoms with E-state index in [1.54, 1.807) is 7.11 Å². The molecule has 2 aromatic carbocycles. The van der Waals surface area contributed by atoms with Crippen LogP contribution in [0.4, 0.5) is 0 Å². The summed E-state index contributed by atoms with van der Waals surface area (Å²) in [6.07, 6.45) is 7.29. The summed E-state index contributed by atoms with van der Waals surface area (Å²) >= 11 is 0. The summed E-state index contributed by atoms with van der Waals surface area (Å²) < 4.78 is 5.36. The molecular formula is C28H31N3O3. The van der Waals surface area contributed by atoms with Crippen LogP contribution in [-0.4, -0.2) is 52.3 Å². The number of carbonyl (C=O) groups is 2. The van der Waals surface area contributed by atoms with Gasteiger partial charge >= 0.3 is 0 Å². The number of aromatic amines is 1. The second kappa shape index (κ2) is 8.49. The predicted molar refractivity (Wildman–Crippen MR) is 131 cm³/mol. The highest BCUT2D eigenvalue weighted by Gasteiger charge is 2.49. The highest BCUT2D eigenvalue weighted by Crippen LogP contribution is 2.43. The Labute approximate surface area is 199 Å². The molecule has 1 saturated heterocycles. The minimum atomic E-state index is -0.469. The number of nitrogens with zero attached hydrogens (tertiary/aromatic N) is 2. The van der Waals surface area contributed by atoms with E-state index >= 15 is 0 Å². The minimum absolute atomic E-state index is 0.0407. The van der Waals surface area contributed by atoms with Gasteiger partial charge in [-0.15, -0.1) is 0 Å². The molecule has 2 atom stereocenters. The van der Waals surface area contributed by atoms with Crippen molar-refractivity contribution in [3.63, 3.8) is 0 Å². The summed E-state index contributed by atoms with van der Waals surface area (Å²) in [5, 5.41) is 1.14. The number of hydrogen-bond acceptors (Lipinski definition) is 3. The molecule has 1 aromatic heterocycles. The second-order valence-electron chi connectivity index (χ2n) is 9.87. The van der Waals surface area contributed by atoms with Gasteiger partial charge in [0.2, 0.25) is 11.8 Å². The van der Waals surface area contributed by atoms with Crippen molar-refractivity contribution in [2.45, 2.75) is 63.1 Å². The number of nitrogens with one attached hydrogen (secondary N) is 1. The van der Waals surface area contributed by atoms with Crippen LogP contribution >= 0.6 is 0 Å². The largest absolute Gasteiger partial charge is 0.497 e. The fourth-order valence-electron chi connectivity index (χ4n) is 6.30. The molecule has 3 aliphatic rings. The van der Waals surface area contributed by atoms with Gasteiger partial charge in [0.25, 0.3) is 0 Å². The maximum Gasteiger partial charge on any atom is 0.246 e. The summed E-state index contributed by atoms with van der Waals surface area (Å²) in [5.74, 6) is 0.925. The molecule has 0 spiro atoms. The molecule has 6 heteroatoms. The quantitative estimate of drug-likeness (QED) is 0.586. The van der Waals surface area contributed by atoms with Crippen molar-refractivity contribution in [1.29, 1.82) is 0 Å². The van der Waals surface area contributed by atoms with Gasteiger partial charge in [-0.1, -0.05) is 56.0 Å². The van der Waals surface area contributed by atoms with E-state index in [1.165, 1.54) is 12.8 Å². The van der Waals surface area contributed by atoms with Crippen LogP contribution in [0.5, 0.6) is 5.75 Å². The zero-order valence-electron chi connectivity index (χ0n) is 19.6. The van der Waals surface area contributed by atoms with Crippen LogP contribution in [0, 0.1) is 0 Å². The molecule has 0 radical (unpaired) electrons. The molecule has 1 saturated carbocycles. The van der Waals surface area contributed by atoms with Gasteiger partial charge < -0.3 is 19.5 Å². The first kappa shape index (κ1) is 21.3. The van der Waals surface area contributed by atoms with Crippen molar-refractivity contribution >= 4 is 22.7 Å². The lowest BCUT2D eigenvalue weighted by Crippen LogP contribution is -2.64. The lowest BCUT2D eigenvalue weighted by atomic mass is 9.85. The van der Waals surface area contributed by atoms with Gasteiger partial charge in [-0.2, -0.15) is 0 Å². The first-order valence-electron chi connectivity index (χ1n) is 12.5. The van der Waals surface area contributed by atoms with E-state index in [2.05, 4.69) is 17.1 Å². The summed E-state index contributed by atoms with van der Waals surface area (Å²) in [5.41, 5.74) is 4.21. The number of H-pyrrole nitrogens is 1. The Morgan fingerprint density at radius 3 is 2.41 bits per heavy atom. The fourth-order valence-corrected chi connectivity index (χ4v) is 6.30. The van der Waals surface area contributed by atoms with E-state index in [-0.39, 0.29) is 30.4 Å². The van der Waals surface area contributed by atoms with E-state index < -0.39 is 6.04 Å². The van der Waals surface area contributed by atoms with E-state index in [0.29, 0.717) is 6.42 Å². The average Bonchev–Trinajstić information content (AvgIpc) is 3.03. The Kier molecular flexibility index (Phi) is 5.31. The van der Waals surface area contributed by atoms with Crippen molar-refractivity contribution < 1.29 is 14.3 Å². The van der Waals surface area contributed by atoms with Gasteiger partial charge in [0.1, 0.15) is 18.3 Å². The maximum absolute atomic E-state index is 14.0. The molecule has 6 nitrogen and oxygen atoms in total. The molecule has 34 heavy (non-hydrogen) atoms. The molecule has 1 aliphatic carbocycles. The molecule has 2 amide bonds. The van der Waals surface area contributed by atoms with Crippen molar-refractivity contribution in [1.82, 2.24) is 14.8 Å². The number of ether oxygens (including phenoxy) is 1. The molecule has 2 aliphatic heterocycles. The second-order valence-corrected chi connectivity index (χ2v) is 9.87. The monoisotopic (exact) mass is 457 g/mol. The number of benzene rings is 2. The number of carbonyl (C=O) groups excluding carboxylic acids is 2. The zero-order chi connectivity index (χ0) is 23.2.